The maximum absolute atomic E-state index is 12.3. The molecule has 3 N–H and O–H groups in total. The second-order valence-electron chi connectivity index (χ2n) is 5.41. The van der Waals surface area contributed by atoms with E-state index >= 15 is 0 Å². The van der Waals surface area contributed by atoms with Gasteiger partial charge in [-0.1, -0.05) is 28.1 Å². The first-order valence-corrected chi connectivity index (χ1v) is 7.87. The summed E-state index contributed by atoms with van der Waals surface area (Å²) in [5.74, 6) is -0.200. The zero-order chi connectivity index (χ0) is 15.4. The summed E-state index contributed by atoms with van der Waals surface area (Å²) in [6.45, 7) is 3.00. The van der Waals surface area contributed by atoms with Crippen LogP contribution >= 0.6 is 15.9 Å². The molecule has 0 aromatic heterocycles. The summed E-state index contributed by atoms with van der Waals surface area (Å²) < 4.78 is 0.985. The van der Waals surface area contributed by atoms with Crippen molar-refractivity contribution < 1.29 is 9.59 Å². The largest absolute Gasteiger partial charge is 0.351 e. The number of hydrogen-bond donors (Lipinski definition) is 2. The number of carbonyl (C=O) groups is 2. The third-order valence-electron chi connectivity index (χ3n) is 3.81. The van der Waals surface area contributed by atoms with Gasteiger partial charge in [-0.2, -0.15) is 0 Å². The molecule has 1 heterocycles. The summed E-state index contributed by atoms with van der Waals surface area (Å²) in [5.41, 5.74) is 6.33. The first kappa shape index (κ1) is 15.8. The topological polar surface area (TPSA) is 75.4 Å². The van der Waals surface area contributed by atoms with Gasteiger partial charge in [0.2, 0.25) is 5.91 Å². The molecule has 0 saturated carbocycles. The molecule has 2 unspecified atom stereocenters. The van der Waals surface area contributed by atoms with E-state index in [2.05, 4.69) is 21.2 Å². The van der Waals surface area contributed by atoms with Crippen LogP contribution in [0, 0.1) is 5.92 Å². The van der Waals surface area contributed by atoms with E-state index < -0.39 is 6.03 Å². The summed E-state index contributed by atoms with van der Waals surface area (Å²) in [7, 11) is 0. The van der Waals surface area contributed by atoms with Crippen molar-refractivity contribution >= 4 is 27.9 Å². The van der Waals surface area contributed by atoms with Gasteiger partial charge in [-0.25, -0.2) is 4.79 Å². The monoisotopic (exact) mass is 353 g/mol. The Bertz CT molecular complexity index is 535. The zero-order valence-corrected chi connectivity index (χ0v) is 13.6. The van der Waals surface area contributed by atoms with Crippen LogP contribution in [0.4, 0.5) is 4.79 Å². The molecule has 0 bridgehead atoms. The molecule has 3 amide bonds. The highest BCUT2D eigenvalue weighted by Gasteiger charge is 2.28. The highest BCUT2D eigenvalue weighted by atomic mass is 79.9. The molecule has 1 aromatic rings. The van der Waals surface area contributed by atoms with Gasteiger partial charge in [0.25, 0.3) is 0 Å². The van der Waals surface area contributed by atoms with Gasteiger partial charge >= 0.3 is 6.03 Å². The molecular formula is C15H20BrN3O2. The number of amides is 3. The van der Waals surface area contributed by atoms with Crippen LogP contribution in [-0.2, 0) is 4.79 Å². The molecular weight excluding hydrogens is 334 g/mol. The van der Waals surface area contributed by atoms with Crippen LogP contribution in [0.15, 0.2) is 28.7 Å². The summed E-state index contributed by atoms with van der Waals surface area (Å²) in [4.78, 5) is 25.1. The normalized spacial score (nSPS) is 19.9. The number of hydrogen-bond acceptors (Lipinski definition) is 2. The Morgan fingerprint density at radius 2 is 2.24 bits per heavy atom. The number of halogens is 1. The average molecular weight is 354 g/mol. The van der Waals surface area contributed by atoms with Crippen LogP contribution in [0.25, 0.3) is 0 Å². The number of piperidine rings is 1. The van der Waals surface area contributed by atoms with Crippen LogP contribution in [0.3, 0.4) is 0 Å². The number of carbonyl (C=O) groups excluding carboxylic acids is 2. The van der Waals surface area contributed by atoms with Gasteiger partial charge in [-0.05, 0) is 37.5 Å². The van der Waals surface area contributed by atoms with E-state index in [0.29, 0.717) is 13.1 Å². The van der Waals surface area contributed by atoms with Crippen LogP contribution in [0.5, 0.6) is 0 Å². The lowest BCUT2D eigenvalue weighted by atomic mass is 9.96. The van der Waals surface area contributed by atoms with Gasteiger partial charge in [-0.15, -0.1) is 0 Å². The van der Waals surface area contributed by atoms with Gasteiger partial charge in [0.1, 0.15) is 0 Å². The molecule has 2 atom stereocenters. The van der Waals surface area contributed by atoms with E-state index in [1.165, 1.54) is 4.90 Å². The number of likely N-dealkylation sites (tertiary alicyclic amines) is 1. The molecule has 5 nitrogen and oxygen atoms in total. The van der Waals surface area contributed by atoms with Crippen molar-refractivity contribution in [2.75, 3.05) is 13.1 Å². The van der Waals surface area contributed by atoms with Gasteiger partial charge < -0.3 is 16.0 Å². The lowest BCUT2D eigenvalue weighted by Gasteiger charge is -2.31. The standard InChI is InChI=1S/C15H20BrN3O2/c1-10(11-4-2-6-13(16)8-11)18-14(20)12-5-3-7-19(9-12)15(17)21/h2,4,6,8,10,12H,3,5,7,9H2,1H3,(H2,17,21)(H,18,20). The van der Waals surface area contributed by atoms with Gasteiger partial charge in [0.05, 0.1) is 12.0 Å². The molecule has 1 saturated heterocycles. The van der Waals surface area contributed by atoms with Crippen molar-refractivity contribution in [1.29, 1.82) is 0 Å². The second kappa shape index (κ2) is 6.93. The minimum atomic E-state index is -0.451. The summed E-state index contributed by atoms with van der Waals surface area (Å²) in [5, 5.41) is 3.01. The molecule has 0 aliphatic carbocycles. The number of primary amides is 1. The highest BCUT2D eigenvalue weighted by molar-refractivity contribution is 9.10. The Labute approximate surface area is 133 Å². The quantitative estimate of drug-likeness (QED) is 0.875. The van der Waals surface area contributed by atoms with Crippen molar-refractivity contribution in [1.82, 2.24) is 10.2 Å². The molecule has 21 heavy (non-hydrogen) atoms. The van der Waals surface area contributed by atoms with Gasteiger partial charge in [0.15, 0.2) is 0 Å². The van der Waals surface area contributed by atoms with Gasteiger partial charge in [-0.3, -0.25) is 4.79 Å². The van der Waals surface area contributed by atoms with Crippen molar-refractivity contribution in [2.45, 2.75) is 25.8 Å². The predicted molar refractivity (Wildman–Crippen MR) is 84.6 cm³/mol. The molecule has 0 spiro atoms. The molecule has 2 rings (SSSR count). The fourth-order valence-corrected chi connectivity index (χ4v) is 3.00. The Balaban J connectivity index is 1.96. The minimum Gasteiger partial charge on any atom is -0.351 e. The number of rotatable bonds is 3. The van der Waals surface area contributed by atoms with Crippen molar-refractivity contribution in [3.05, 3.63) is 34.3 Å². The molecule has 114 valence electrons. The van der Waals surface area contributed by atoms with Crippen molar-refractivity contribution in [3.63, 3.8) is 0 Å². The Morgan fingerprint density at radius 1 is 1.48 bits per heavy atom. The lowest BCUT2D eigenvalue weighted by molar-refractivity contribution is -0.126. The number of nitrogens with zero attached hydrogens (tertiary/aromatic N) is 1. The first-order valence-electron chi connectivity index (χ1n) is 7.07. The maximum Gasteiger partial charge on any atom is 0.314 e. The Kier molecular flexibility index (Phi) is 5.22. The maximum atomic E-state index is 12.3. The van der Waals surface area contributed by atoms with E-state index in [0.717, 1.165) is 22.9 Å². The molecule has 0 radical (unpaired) electrons. The Morgan fingerprint density at radius 3 is 2.90 bits per heavy atom. The predicted octanol–water partition coefficient (Wildman–Crippen LogP) is 2.42. The van der Waals surface area contributed by atoms with Crippen LogP contribution in [0.2, 0.25) is 0 Å². The van der Waals surface area contributed by atoms with Crippen LogP contribution in [-0.4, -0.2) is 29.9 Å². The smallest absolute Gasteiger partial charge is 0.314 e. The fraction of sp³-hybridized carbons (Fsp3) is 0.467. The van der Waals surface area contributed by atoms with Crippen LogP contribution in [0.1, 0.15) is 31.4 Å². The van der Waals surface area contributed by atoms with Crippen LogP contribution < -0.4 is 11.1 Å². The molecule has 1 aliphatic rings. The molecule has 6 heteroatoms. The average Bonchev–Trinajstić information content (AvgIpc) is 2.47. The molecule has 1 fully saturated rings. The Hall–Kier alpha value is -1.56. The lowest BCUT2D eigenvalue weighted by Crippen LogP contribution is -2.47. The van der Waals surface area contributed by atoms with E-state index in [9.17, 15) is 9.59 Å². The molecule has 1 aliphatic heterocycles. The number of urea groups is 1. The minimum absolute atomic E-state index is 0.0200. The van der Waals surface area contributed by atoms with E-state index in [1.807, 2.05) is 31.2 Å². The van der Waals surface area contributed by atoms with Crippen molar-refractivity contribution in [3.8, 4) is 0 Å². The first-order chi connectivity index (χ1) is 9.97. The highest BCUT2D eigenvalue weighted by Crippen LogP contribution is 2.20. The van der Waals surface area contributed by atoms with Gasteiger partial charge in [0, 0.05) is 17.6 Å². The summed E-state index contributed by atoms with van der Waals surface area (Å²) in [6, 6.07) is 7.33. The summed E-state index contributed by atoms with van der Waals surface area (Å²) >= 11 is 3.43. The van der Waals surface area contributed by atoms with E-state index in [1.54, 1.807) is 0 Å². The zero-order valence-electron chi connectivity index (χ0n) is 12.0. The second-order valence-corrected chi connectivity index (χ2v) is 6.32. The van der Waals surface area contributed by atoms with E-state index in [-0.39, 0.29) is 17.9 Å². The molecule has 1 aromatic carbocycles. The SMILES string of the molecule is CC(NC(=O)C1CCCN(C(N)=O)C1)c1cccc(Br)c1. The fourth-order valence-electron chi connectivity index (χ4n) is 2.58. The number of nitrogens with one attached hydrogen (secondary N) is 1. The van der Waals surface area contributed by atoms with Crippen molar-refractivity contribution in [2.24, 2.45) is 11.7 Å². The number of nitrogens with two attached hydrogens (primary N) is 1. The third kappa shape index (κ3) is 4.20. The summed E-state index contributed by atoms with van der Waals surface area (Å²) in [6.07, 6.45) is 1.60. The third-order valence-corrected chi connectivity index (χ3v) is 4.30. The number of benzene rings is 1. The van der Waals surface area contributed by atoms with E-state index in [4.69, 9.17) is 5.73 Å².